The van der Waals surface area contributed by atoms with Gasteiger partial charge in [-0.3, -0.25) is 4.79 Å². The molecule has 1 heterocycles. The predicted molar refractivity (Wildman–Crippen MR) is 35.2 cm³/mol. The molecule has 1 aliphatic rings. The Balaban J connectivity index is 2.42. The number of hydrogen-bond acceptors (Lipinski definition) is 3. The number of amides is 1. The maximum atomic E-state index is 10.5. The van der Waals surface area contributed by atoms with E-state index in [1.54, 1.807) is 0 Å². The summed E-state index contributed by atoms with van der Waals surface area (Å²) in [6.07, 6.45) is 1.41. The second-order valence-corrected chi connectivity index (χ2v) is 2.50. The Morgan fingerprint density at radius 1 is 1.70 bits per heavy atom. The average molecular weight is 142 g/mol. The minimum atomic E-state index is -0.371. The van der Waals surface area contributed by atoms with Crippen LogP contribution in [0.1, 0.15) is 6.42 Å². The van der Waals surface area contributed by atoms with Gasteiger partial charge in [0.2, 0.25) is 5.91 Å². The summed E-state index contributed by atoms with van der Waals surface area (Å²) in [5.41, 5.74) is 5.00. The molecule has 0 aromatic carbocycles. The Bertz CT molecular complexity index is 158. The summed E-state index contributed by atoms with van der Waals surface area (Å²) in [5.74, 6) is -0.401. The van der Waals surface area contributed by atoms with Crippen LogP contribution >= 0.6 is 0 Å². The Kier molecular flexibility index (Phi) is 2.01. The molecule has 4 heteroatoms. The van der Waals surface area contributed by atoms with Gasteiger partial charge >= 0.3 is 0 Å². The van der Waals surface area contributed by atoms with Crippen molar-refractivity contribution < 1.29 is 9.59 Å². The van der Waals surface area contributed by atoms with Crippen LogP contribution in [0.5, 0.6) is 0 Å². The number of nitrogens with two attached hydrogens (primary N) is 1. The first-order valence-electron chi connectivity index (χ1n) is 3.22. The molecule has 10 heavy (non-hydrogen) atoms. The zero-order chi connectivity index (χ0) is 7.56. The number of carbonyl (C=O) groups excluding carboxylic acids is 2. The van der Waals surface area contributed by atoms with E-state index in [1.807, 2.05) is 0 Å². The molecule has 0 radical (unpaired) electrons. The van der Waals surface area contributed by atoms with Crippen molar-refractivity contribution in [3.63, 3.8) is 0 Å². The molecule has 0 spiro atoms. The monoisotopic (exact) mass is 142 g/mol. The topological polar surface area (TPSA) is 72.2 Å². The molecule has 1 fully saturated rings. The highest BCUT2D eigenvalue weighted by Gasteiger charge is 2.26. The van der Waals surface area contributed by atoms with Gasteiger partial charge in [0.25, 0.3) is 0 Å². The van der Waals surface area contributed by atoms with Gasteiger partial charge in [0, 0.05) is 12.5 Å². The molecule has 0 aromatic heterocycles. The van der Waals surface area contributed by atoms with Crippen LogP contribution in [0, 0.1) is 5.92 Å². The fraction of sp³-hybridized carbons (Fsp3) is 0.667. The smallest absolute Gasteiger partial charge is 0.234 e. The van der Waals surface area contributed by atoms with E-state index >= 15 is 0 Å². The van der Waals surface area contributed by atoms with Gasteiger partial charge < -0.3 is 15.8 Å². The van der Waals surface area contributed by atoms with Gasteiger partial charge in [0.15, 0.2) is 0 Å². The summed E-state index contributed by atoms with van der Waals surface area (Å²) in [6.45, 7) is 0.580. The van der Waals surface area contributed by atoms with Gasteiger partial charge in [-0.25, -0.2) is 0 Å². The molecule has 0 bridgehead atoms. The molecule has 56 valence electrons. The zero-order valence-corrected chi connectivity index (χ0v) is 5.54. The highest BCUT2D eigenvalue weighted by molar-refractivity contribution is 5.81. The third kappa shape index (κ3) is 1.33. The van der Waals surface area contributed by atoms with E-state index in [9.17, 15) is 9.59 Å². The Labute approximate surface area is 58.8 Å². The molecular formula is C6H10N2O2. The summed E-state index contributed by atoms with van der Waals surface area (Å²) in [7, 11) is 0. The highest BCUT2D eigenvalue weighted by Crippen LogP contribution is 2.10. The molecule has 0 saturated carbocycles. The standard InChI is InChI=1S/C6H10N2O2/c7-6(10)5-1-4(3-9)2-8-5/h3-5,8H,1-2H2,(H2,7,10). The van der Waals surface area contributed by atoms with Crippen LogP contribution in [-0.4, -0.2) is 24.8 Å². The first-order chi connectivity index (χ1) is 4.74. The van der Waals surface area contributed by atoms with E-state index < -0.39 is 0 Å². The van der Waals surface area contributed by atoms with Crippen molar-refractivity contribution >= 4 is 12.2 Å². The van der Waals surface area contributed by atoms with Crippen LogP contribution in [0.4, 0.5) is 0 Å². The van der Waals surface area contributed by atoms with Gasteiger partial charge in [-0.1, -0.05) is 0 Å². The van der Waals surface area contributed by atoms with Crippen LogP contribution < -0.4 is 11.1 Å². The summed E-state index contributed by atoms with van der Waals surface area (Å²) in [6, 6.07) is -0.296. The lowest BCUT2D eigenvalue weighted by molar-refractivity contribution is -0.119. The van der Waals surface area contributed by atoms with Crippen molar-refractivity contribution in [2.45, 2.75) is 12.5 Å². The maximum absolute atomic E-state index is 10.5. The van der Waals surface area contributed by atoms with Crippen LogP contribution in [-0.2, 0) is 9.59 Å². The van der Waals surface area contributed by atoms with Crippen molar-refractivity contribution in [2.75, 3.05) is 6.54 Å². The zero-order valence-electron chi connectivity index (χ0n) is 5.54. The van der Waals surface area contributed by atoms with Gasteiger partial charge in [-0.2, -0.15) is 0 Å². The van der Waals surface area contributed by atoms with Gasteiger partial charge in [-0.15, -0.1) is 0 Å². The molecule has 3 N–H and O–H groups in total. The predicted octanol–water partition coefficient (Wildman–Crippen LogP) is -1.35. The molecular weight excluding hydrogens is 132 g/mol. The normalized spacial score (nSPS) is 32.0. The van der Waals surface area contributed by atoms with Crippen molar-refractivity contribution in [1.29, 1.82) is 0 Å². The van der Waals surface area contributed by atoms with E-state index in [-0.39, 0.29) is 17.9 Å². The quantitative estimate of drug-likeness (QED) is 0.468. The lowest BCUT2D eigenvalue weighted by Gasteiger charge is -2.01. The number of rotatable bonds is 2. The highest BCUT2D eigenvalue weighted by atomic mass is 16.1. The Hall–Kier alpha value is -0.900. The molecule has 4 nitrogen and oxygen atoms in total. The molecule has 0 aliphatic carbocycles. The minimum absolute atomic E-state index is 0.0301. The number of carbonyl (C=O) groups is 2. The van der Waals surface area contributed by atoms with E-state index in [0.29, 0.717) is 13.0 Å². The van der Waals surface area contributed by atoms with E-state index in [1.165, 1.54) is 0 Å². The molecule has 1 rings (SSSR count). The van der Waals surface area contributed by atoms with Gasteiger partial charge in [0.05, 0.1) is 6.04 Å². The van der Waals surface area contributed by atoms with Crippen LogP contribution in [0.25, 0.3) is 0 Å². The van der Waals surface area contributed by atoms with Crippen LogP contribution in [0.2, 0.25) is 0 Å². The number of primary amides is 1. The summed E-state index contributed by atoms with van der Waals surface area (Å²) < 4.78 is 0. The SMILES string of the molecule is NC(=O)C1CC(C=O)CN1. The molecule has 0 aromatic rings. The number of hydrogen-bond donors (Lipinski definition) is 2. The molecule has 1 amide bonds. The van der Waals surface area contributed by atoms with Crippen molar-refractivity contribution in [3.05, 3.63) is 0 Å². The summed E-state index contributed by atoms with van der Waals surface area (Å²) in [4.78, 5) is 20.7. The number of aldehydes is 1. The third-order valence-corrected chi connectivity index (χ3v) is 1.70. The first-order valence-corrected chi connectivity index (χ1v) is 3.22. The van der Waals surface area contributed by atoms with E-state index in [4.69, 9.17) is 5.73 Å². The second-order valence-electron chi connectivity index (χ2n) is 2.50. The lowest BCUT2D eigenvalue weighted by Crippen LogP contribution is -2.36. The Morgan fingerprint density at radius 3 is 2.70 bits per heavy atom. The van der Waals surface area contributed by atoms with Crippen LogP contribution in [0.15, 0.2) is 0 Å². The van der Waals surface area contributed by atoms with Crippen LogP contribution in [0.3, 0.4) is 0 Å². The number of nitrogens with one attached hydrogen (secondary N) is 1. The largest absolute Gasteiger partial charge is 0.368 e. The van der Waals surface area contributed by atoms with Gasteiger partial charge in [0.1, 0.15) is 6.29 Å². The lowest BCUT2D eigenvalue weighted by atomic mass is 10.1. The molecule has 1 saturated heterocycles. The van der Waals surface area contributed by atoms with Gasteiger partial charge in [-0.05, 0) is 6.42 Å². The second kappa shape index (κ2) is 2.79. The Morgan fingerprint density at radius 2 is 2.40 bits per heavy atom. The summed E-state index contributed by atoms with van der Waals surface area (Å²) >= 11 is 0. The first kappa shape index (κ1) is 7.21. The molecule has 2 unspecified atom stereocenters. The van der Waals surface area contributed by atoms with E-state index in [0.717, 1.165) is 6.29 Å². The van der Waals surface area contributed by atoms with Crippen molar-refractivity contribution in [3.8, 4) is 0 Å². The average Bonchev–Trinajstić information content (AvgIpc) is 2.34. The minimum Gasteiger partial charge on any atom is -0.368 e. The van der Waals surface area contributed by atoms with Crippen molar-refractivity contribution in [1.82, 2.24) is 5.32 Å². The fourth-order valence-corrected chi connectivity index (χ4v) is 1.08. The summed E-state index contributed by atoms with van der Waals surface area (Å²) in [5, 5.41) is 2.85. The van der Waals surface area contributed by atoms with E-state index in [2.05, 4.69) is 5.32 Å². The molecule has 2 atom stereocenters. The third-order valence-electron chi connectivity index (χ3n) is 1.70. The maximum Gasteiger partial charge on any atom is 0.234 e. The van der Waals surface area contributed by atoms with Crippen molar-refractivity contribution in [2.24, 2.45) is 11.7 Å². The fourth-order valence-electron chi connectivity index (χ4n) is 1.08. The molecule has 1 aliphatic heterocycles.